The first-order valence-corrected chi connectivity index (χ1v) is 7.54. The van der Waals surface area contributed by atoms with Crippen molar-refractivity contribution in [3.8, 4) is 0 Å². The molecule has 0 radical (unpaired) electrons. The fourth-order valence-corrected chi connectivity index (χ4v) is 2.62. The van der Waals surface area contributed by atoms with E-state index in [0.717, 1.165) is 17.0 Å². The van der Waals surface area contributed by atoms with E-state index in [9.17, 15) is 4.79 Å². The summed E-state index contributed by atoms with van der Waals surface area (Å²) in [5, 5.41) is 5.55. The SMILES string of the molecule is CCC(NC(=O)c1csc(CN)n1)c1ccc(C)cc1. The number of nitrogens with zero attached hydrogens (tertiary/aromatic N) is 1. The molecule has 2 aromatic rings. The van der Waals surface area contributed by atoms with Crippen LogP contribution in [-0.4, -0.2) is 10.9 Å². The van der Waals surface area contributed by atoms with Gasteiger partial charge in [0.05, 0.1) is 6.04 Å². The Labute approximate surface area is 123 Å². The van der Waals surface area contributed by atoms with Crippen LogP contribution in [0.3, 0.4) is 0 Å². The van der Waals surface area contributed by atoms with E-state index in [-0.39, 0.29) is 11.9 Å². The summed E-state index contributed by atoms with van der Waals surface area (Å²) >= 11 is 1.41. The molecule has 1 aromatic carbocycles. The number of aromatic nitrogens is 1. The third-order valence-electron chi connectivity index (χ3n) is 3.15. The highest BCUT2D eigenvalue weighted by atomic mass is 32.1. The predicted molar refractivity (Wildman–Crippen MR) is 81.7 cm³/mol. The largest absolute Gasteiger partial charge is 0.344 e. The van der Waals surface area contributed by atoms with Crippen LogP contribution in [0.15, 0.2) is 29.6 Å². The van der Waals surface area contributed by atoms with Gasteiger partial charge in [-0.3, -0.25) is 4.79 Å². The molecule has 0 spiro atoms. The zero-order chi connectivity index (χ0) is 14.5. The number of hydrogen-bond donors (Lipinski definition) is 2. The van der Waals surface area contributed by atoms with E-state index < -0.39 is 0 Å². The van der Waals surface area contributed by atoms with Gasteiger partial charge in [0.25, 0.3) is 5.91 Å². The number of carbonyl (C=O) groups is 1. The lowest BCUT2D eigenvalue weighted by Crippen LogP contribution is -2.28. The Morgan fingerprint density at radius 3 is 2.65 bits per heavy atom. The van der Waals surface area contributed by atoms with E-state index in [2.05, 4.69) is 41.5 Å². The van der Waals surface area contributed by atoms with E-state index in [1.54, 1.807) is 5.38 Å². The average Bonchev–Trinajstić information content (AvgIpc) is 2.94. The molecule has 0 aliphatic heterocycles. The van der Waals surface area contributed by atoms with E-state index in [4.69, 9.17) is 5.73 Å². The lowest BCUT2D eigenvalue weighted by Gasteiger charge is -2.17. The van der Waals surface area contributed by atoms with E-state index in [0.29, 0.717) is 12.2 Å². The second-order valence-electron chi connectivity index (χ2n) is 4.68. The maximum Gasteiger partial charge on any atom is 0.271 e. The molecule has 1 heterocycles. The summed E-state index contributed by atoms with van der Waals surface area (Å²) in [6.45, 7) is 4.47. The number of carbonyl (C=O) groups excluding carboxylic acids is 1. The second-order valence-corrected chi connectivity index (χ2v) is 5.62. The summed E-state index contributed by atoms with van der Waals surface area (Å²) in [6, 6.07) is 8.22. The van der Waals surface area contributed by atoms with Crippen molar-refractivity contribution in [2.24, 2.45) is 5.73 Å². The molecule has 0 saturated heterocycles. The fourth-order valence-electron chi connectivity index (χ4n) is 1.96. The zero-order valence-electron chi connectivity index (χ0n) is 11.7. The number of rotatable bonds is 5. The molecule has 0 fully saturated rings. The number of hydrogen-bond acceptors (Lipinski definition) is 4. The summed E-state index contributed by atoms with van der Waals surface area (Å²) in [5.74, 6) is -0.145. The van der Waals surface area contributed by atoms with Gasteiger partial charge in [0, 0.05) is 11.9 Å². The summed E-state index contributed by atoms with van der Waals surface area (Å²) in [7, 11) is 0. The molecule has 1 atom stereocenters. The Balaban J connectivity index is 2.09. The third-order valence-corrected chi connectivity index (χ3v) is 4.02. The summed E-state index contributed by atoms with van der Waals surface area (Å²) in [4.78, 5) is 16.4. The van der Waals surface area contributed by atoms with Crippen LogP contribution in [0.2, 0.25) is 0 Å². The predicted octanol–water partition coefficient (Wildman–Crippen LogP) is 2.79. The van der Waals surface area contributed by atoms with Crippen molar-refractivity contribution in [3.05, 3.63) is 51.5 Å². The molecule has 0 aliphatic rings. The quantitative estimate of drug-likeness (QED) is 0.889. The van der Waals surface area contributed by atoms with Crippen LogP contribution in [0.1, 0.15) is 46.0 Å². The van der Waals surface area contributed by atoms with Crippen LogP contribution in [0.5, 0.6) is 0 Å². The van der Waals surface area contributed by atoms with Crippen LogP contribution in [0.25, 0.3) is 0 Å². The lowest BCUT2D eigenvalue weighted by atomic mass is 10.0. The Morgan fingerprint density at radius 2 is 2.10 bits per heavy atom. The van der Waals surface area contributed by atoms with Crippen molar-refractivity contribution in [1.29, 1.82) is 0 Å². The summed E-state index contributed by atoms with van der Waals surface area (Å²) in [5.41, 5.74) is 8.28. The van der Waals surface area contributed by atoms with Gasteiger partial charge in [-0.2, -0.15) is 0 Å². The maximum absolute atomic E-state index is 12.2. The number of thiazole rings is 1. The Kier molecular flexibility index (Phi) is 4.87. The molecular weight excluding hydrogens is 270 g/mol. The first kappa shape index (κ1) is 14.7. The molecule has 0 aliphatic carbocycles. The minimum absolute atomic E-state index is 0.00567. The number of nitrogens with one attached hydrogen (secondary N) is 1. The third kappa shape index (κ3) is 3.43. The van der Waals surface area contributed by atoms with Gasteiger partial charge in [0.1, 0.15) is 10.7 Å². The van der Waals surface area contributed by atoms with Crippen LogP contribution < -0.4 is 11.1 Å². The minimum atomic E-state index is -0.145. The average molecular weight is 289 g/mol. The second kappa shape index (κ2) is 6.63. The number of amides is 1. The highest BCUT2D eigenvalue weighted by molar-refractivity contribution is 7.09. The van der Waals surface area contributed by atoms with Crippen molar-refractivity contribution in [1.82, 2.24) is 10.3 Å². The van der Waals surface area contributed by atoms with Crippen molar-refractivity contribution < 1.29 is 4.79 Å². The van der Waals surface area contributed by atoms with E-state index >= 15 is 0 Å². The fraction of sp³-hybridized carbons (Fsp3) is 0.333. The van der Waals surface area contributed by atoms with Gasteiger partial charge in [-0.15, -0.1) is 11.3 Å². The van der Waals surface area contributed by atoms with Gasteiger partial charge in [0.2, 0.25) is 0 Å². The van der Waals surface area contributed by atoms with Crippen LogP contribution in [0.4, 0.5) is 0 Å². The Morgan fingerprint density at radius 1 is 1.40 bits per heavy atom. The molecule has 1 aromatic heterocycles. The Bertz CT molecular complexity index is 577. The highest BCUT2D eigenvalue weighted by Gasteiger charge is 2.16. The van der Waals surface area contributed by atoms with Crippen LogP contribution >= 0.6 is 11.3 Å². The van der Waals surface area contributed by atoms with Gasteiger partial charge in [-0.1, -0.05) is 36.8 Å². The smallest absolute Gasteiger partial charge is 0.271 e. The monoisotopic (exact) mass is 289 g/mol. The molecule has 20 heavy (non-hydrogen) atoms. The molecule has 0 saturated carbocycles. The topological polar surface area (TPSA) is 68.0 Å². The first-order valence-electron chi connectivity index (χ1n) is 6.66. The van der Waals surface area contributed by atoms with Gasteiger partial charge >= 0.3 is 0 Å². The first-order chi connectivity index (χ1) is 9.63. The summed E-state index contributed by atoms with van der Waals surface area (Å²) in [6.07, 6.45) is 0.836. The molecule has 5 heteroatoms. The van der Waals surface area contributed by atoms with Gasteiger partial charge < -0.3 is 11.1 Å². The number of aryl methyl sites for hydroxylation is 1. The molecule has 106 valence electrons. The van der Waals surface area contributed by atoms with Crippen molar-refractivity contribution in [2.75, 3.05) is 0 Å². The standard InChI is InChI=1S/C15H19N3OS/c1-3-12(11-6-4-10(2)5-7-11)18-15(19)13-9-20-14(8-16)17-13/h4-7,9,12H,3,8,16H2,1-2H3,(H,18,19). The molecule has 0 bridgehead atoms. The van der Waals surface area contributed by atoms with Crippen molar-refractivity contribution in [2.45, 2.75) is 32.9 Å². The molecule has 4 nitrogen and oxygen atoms in total. The van der Waals surface area contributed by atoms with Gasteiger partial charge in [0.15, 0.2) is 0 Å². The van der Waals surface area contributed by atoms with Gasteiger partial charge in [-0.25, -0.2) is 4.98 Å². The number of benzene rings is 1. The van der Waals surface area contributed by atoms with E-state index in [1.807, 2.05) is 6.92 Å². The van der Waals surface area contributed by atoms with Crippen molar-refractivity contribution in [3.63, 3.8) is 0 Å². The normalized spacial score (nSPS) is 12.2. The lowest BCUT2D eigenvalue weighted by molar-refractivity contribution is 0.0931. The van der Waals surface area contributed by atoms with Crippen LogP contribution in [0, 0.1) is 6.92 Å². The van der Waals surface area contributed by atoms with Crippen molar-refractivity contribution >= 4 is 17.2 Å². The molecular formula is C15H19N3OS. The highest BCUT2D eigenvalue weighted by Crippen LogP contribution is 2.18. The Hall–Kier alpha value is -1.72. The summed E-state index contributed by atoms with van der Waals surface area (Å²) < 4.78 is 0. The zero-order valence-corrected chi connectivity index (χ0v) is 12.5. The molecule has 2 rings (SSSR count). The molecule has 3 N–H and O–H groups in total. The van der Waals surface area contributed by atoms with Crippen LogP contribution in [-0.2, 0) is 6.54 Å². The van der Waals surface area contributed by atoms with Gasteiger partial charge in [-0.05, 0) is 18.9 Å². The maximum atomic E-state index is 12.2. The van der Waals surface area contributed by atoms with E-state index in [1.165, 1.54) is 16.9 Å². The molecule has 1 unspecified atom stereocenters. The minimum Gasteiger partial charge on any atom is -0.344 e. The molecule has 1 amide bonds. The number of nitrogens with two attached hydrogens (primary N) is 1.